The zero-order valence-corrected chi connectivity index (χ0v) is 24.7. The molecule has 0 saturated carbocycles. The molecule has 10 heteroatoms. The molecule has 0 saturated heterocycles. The molecule has 0 aliphatic heterocycles. The van der Waals surface area contributed by atoms with Gasteiger partial charge in [0.2, 0.25) is 21.8 Å². The van der Waals surface area contributed by atoms with Crippen molar-refractivity contribution >= 4 is 50.7 Å². The molecule has 0 bridgehead atoms. The second kappa shape index (κ2) is 13.3. The number of para-hydroxylation sites is 1. The Hall–Kier alpha value is -3.07. The number of carbonyl (C=O) groups is 2. The third-order valence-corrected chi connectivity index (χ3v) is 8.09. The fourth-order valence-corrected chi connectivity index (χ4v) is 5.69. The maximum Gasteiger partial charge on any atom is 0.244 e. The molecule has 0 spiro atoms. The van der Waals surface area contributed by atoms with E-state index in [0.717, 1.165) is 21.7 Å². The summed E-state index contributed by atoms with van der Waals surface area (Å²) in [5.41, 5.74) is 2.63. The molecule has 7 nitrogen and oxygen atoms in total. The summed E-state index contributed by atoms with van der Waals surface area (Å²) in [5, 5.41) is 3.42. The van der Waals surface area contributed by atoms with Crippen LogP contribution in [-0.4, -0.2) is 51.0 Å². The Morgan fingerprint density at radius 2 is 1.59 bits per heavy atom. The summed E-state index contributed by atoms with van der Waals surface area (Å²) in [5.74, 6) is -0.915. The minimum absolute atomic E-state index is 0.0150. The average Bonchev–Trinajstić information content (AvgIpc) is 2.89. The maximum absolute atomic E-state index is 14.1. The highest BCUT2D eigenvalue weighted by molar-refractivity contribution is 7.92. The third kappa shape index (κ3) is 7.97. The number of halogens is 2. The van der Waals surface area contributed by atoms with Crippen LogP contribution >= 0.6 is 23.2 Å². The lowest BCUT2D eigenvalue weighted by Crippen LogP contribution is -2.53. The van der Waals surface area contributed by atoms with Crippen molar-refractivity contribution in [3.8, 4) is 0 Å². The summed E-state index contributed by atoms with van der Waals surface area (Å²) in [4.78, 5) is 28.6. The van der Waals surface area contributed by atoms with E-state index in [-0.39, 0.29) is 24.8 Å². The van der Waals surface area contributed by atoms with E-state index in [0.29, 0.717) is 21.3 Å². The van der Waals surface area contributed by atoms with Crippen LogP contribution in [0.2, 0.25) is 10.0 Å². The number of rotatable bonds is 11. The van der Waals surface area contributed by atoms with Crippen molar-refractivity contribution in [1.29, 1.82) is 0 Å². The molecule has 0 radical (unpaired) electrons. The minimum Gasteiger partial charge on any atom is -0.357 e. The molecule has 0 fully saturated rings. The molecule has 0 aliphatic rings. The molecule has 1 unspecified atom stereocenters. The molecule has 208 valence electrons. The molecule has 39 heavy (non-hydrogen) atoms. The van der Waals surface area contributed by atoms with Crippen LogP contribution in [-0.2, 0) is 32.6 Å². The van der Waals surface area contributed by atoms with Crippen LogP contribution in [0.15, 0.2) is 72.8 Å². The van der Waals surface area contributed by atoms with Crippen molar-refractivity contribution in [2.24, 2.45) is 0 Å². The lowest BCUT2D eigenvalue weighted by atomic mass is 10.0. The smallest absolute Gasteiger partial charge is 0.244 e. The van der Waals surface area contributed by atoms with E-state index in [1.807, 2.05) is 56.3 Å². The van der Waals surface area contributed by atoms with Gasteiger partial charge in [0.25, 0.3) is 0 Å². The van der Waals surface area contributed by atoms with Crippen LogP contribution in [0.25, 0.3) is 0 Å². The standard InChI is InChI=1S/C29H33Cl2N3O4S/c1-20(2)24-12-8-9-13-26(24)34(39(4,37)38)19-28(35)33(18-22-14-15-23(30)17-25(22)31)27(29(36)32-3)16-21-10-6-5-7-11-21/h5-15,17,20,27H,16,18-19H2,1-4H3,(H,32,36). The monoisotopic (exact) mass is 589 g/mol. The minimum atomic E-state index is -3.86. The van der Waals surface area contributed by atoms with Crippen molar-refractivity contribution in [3.05, 3.63) is 99.5 Å². The number of amides is 2. The summed E-state index contributed by atoms with van der Waals surface area (Å²) < 4.78 is 27.1. The number of anilines is 1. The van der Waals surface area contributed by atoms with Crippen molar-refractivity contribution in [2.45, 2.75) is 38.8 Å². The predicted molar refractivity (Wildman–Crippen MR) is 158 cm³/mol. The Bertz CT molecular complexity index is 1420. The topological polar surface area (TPSA) is 86.8 Å². The molecular formula is C29H33Cl2N3O4S. The van der Waals surface area contributed by atoms with Crippen molar-refractivity contribution in [3.63, 3.8) is 0 Å². The Labute approximate surface area is 240 Å². The summed E-state index contributed by atoms with van der Waals surface area (Å²) >= 11 is 12.5. The van der Waals surface area contributed by atoms with Crippen LogP contribution < -0.4 is 9.62 Å². The van der Waals surface area contributed by atoms with Crippen LogP contribution in [0, 0.1) is 0 Å². The van der Waals surface area contributed by atoms with E-state index in [2.05, 4.69) is 5.32 Å². The fourth-order valence-electron chi connectivity index (χ4n) is 4.35. The van der Waals surface area contributed by atoms with Gasteiger partial charge in [0, 0.05) is 30.1 Å². The first-order chi connectivity index (χ1) is 18.4. The molecule has 0 heterocycles. The van der Waals surface area contributed by atoms with Gasteiger partial charge < -0.3 is 10.2 Å². The van der Waals surface area contributed by atoms with Gasteiger partial charge in [0.1, 0.15) is 12.6 Å². The third-order valence-electron chi connectivity index (χ3n) is 6.38. The Morgan fingerprint density at radius 3 is 2.18 bits per heavy atom. The van der Waals surface area contributed by atoms with Crippen LogP contribution in [0.3, 0.4) is 0 Å². The number of hydrogen-bond donors (Lipinski definition) is 1. The fraction of sp³-hybridized carbons (Fsp3) is 0.310. The van der Waals surface area contributed by atoms with Gasteiger partial charge in [-0.1, -0.05) is 91.6 Å². The Morgan fingerprint density at radius 1 is 0.949 bits per heavy atom. The van der Waals surface area contributed by atoms with Crippen molar-refractivity contribution < 1.29 is 18.0 Å². The lowest BCUT2D eigenvalue weighted by molar-refractivity contribution is -0.139. The molecule has 1 atom stereocenters. The summed E-state index contributed by atoms with van der Waals surface area (Å²) in [6.07, 6.45) is 1.29. The normalized spacial score (nSPS) is 12.2. The van der Waals surface area contributed by atoms with E-state index in [1.165, 1.54) is 11.9 Å². The number of sulfonamides is 1. The number of carbonyl (C=O) groups excluding carboxylic acids is 2. The van der Waals surface area contributed by atoms with Gasteiger partial charge in [-0.15, -0.1) is 0 Å². The second-order valence-electron chi connectivity index (χ2n) is 9.56. The van der Waals surface area contributed by atoms with Gasteiger partial charge in [-0.25, -0.2) is 8.42 Å². The summed E-state index contributed by atoms with van der Waals surface area (Å²) in [6.45, 7) is 3.40. The van der Waals surface area contributed by atoms with E-state index < -0.39 is 28.5 Å². The van der Waals surface area contributed by atoms with Crippen molar-refractivity contribution in [2.75, 3.05) is 24.2 Å². The number of hydrogen-bond acceptors (Lipinski definition) is 4. The number of nitrogens with one attached hydrogen (secondary N) is 1. The highest BCUT2D eigenvalue weighted by atomic mass is 35.5. The quantitative estimate of drug-likeness (QED) is 0.330. The van der Waals surface area contributed by atoms with E-state index in [4.69, 9.17) is 23.2 Å². The van der Waals surface area contributed by atoms with Gasteiger partial charge >= 0.3 is 0 Å². The molecule has 3 aromatic carbocycles. The first-order valence-electron chi connectivity index (χ1n) is 12.5. The average molecular weight is 591 g/mol. The van der Waals surface area contributed by atoms with Gasteiger partial charge in [-0.05, 0) is 40.8 Å². The second-order valence-corrected chi connectivity index (χ2v) is 12.3. The molecule has 0 aliphatic carbocycles. The number of nitrogens with zero attached hydrogens (tertiary/aromatic N) is 2. The van der Waals surface area contributed by atoms with Gasteiger partial charge in [-0.3, -0.25) is 13.9 Å². The maximum atomic E-state index is 14.1. The molecule has 2 amide bonds. The Balaban J connectivity index is 2.09. The van der Waals surface area contributed by atoms with Gasteiger partial charge in [0.15, 0.2) is 0 Å². The van der Waals surface area contributed by atoms with Crippen LogP contribution in [0.4, 0.5) is 5.69 Å². The largest absolute Gasteiger partial charge is 0.357 e. The zero-order valence-electron chi connectivity index (χ0n) is 22.4. The van der Waals surface area contributed by atoms with Crippen molar-refractivity contribution in [1.82, 2.24) is 10.2 Å². The molecule has 0 aromatic heterocycles. The highest BCUT2D eigenvalue weighted by Crippen LogP contribution is 2.30. The highest BCUT2D eigenvalue weighted by Gasteiger charge is 2.33. The first-order valence-corrected chi connectivity index (χ1v) is 15.1. The van der Waals surface area contributed by atoms with Crippen LogP contribution in [0.5, 0.6) is 0 Å². The first kappa shape index (κ1) is 30.5. The predicted octanol–water partition coefficient (Wildman–Crippen LogP) is 5.27. The zero-order chi connectivity index (χ0) is 28.7. The summed E-state index contributed by atoms with van der Waals surface area (Å²) in [7, 11) is -2.36. The van der Waals surface area contributed by atoms with Gasteiger partial charge in [-0.2, -0.15) is 0 Å². The van der Waals surface area contributed by atoms with Crippen LogP contribution in [0.1, 0.15) is 36.5 Å². The SMILES string of the molecule is CNC(=O)C(Cc1ccccc1)N(Cc1ccc(Cl)cc1Cl)C(=O)CN(c1ccccc1C(C)C)S(C)(=O)=O. The molecular weight excluding hydrogens is 557 g/mol. The molecule has 3 rings (SSSR count). The van der Waals surface area contributed by atoms with E-state index >= 15 is 0 Å². The van der Waals surface area contributed by atoms with E-state index in [1.54, 1.807) is 30.3 Å². The molecule has 1 N–H and O–H groups in total. The summed E-state index contributed by atoms with van der Waals surface area (Å²) in [6, 6.07) is 20.4. The number of likely N-dealkylation sites (N-methyl/N-ethyl adjacent to an activating group) is 1. The van der Waals surface area contributed by atoms with E-state index in [9.17, 15) is 18.0 Å². The van der Waals surface area contributed by atoms with Gasteiger partial charge in [0.05, 0.1) is 11.9 Å². The molecule has 3 aromatic rings. The lowest BCUT2D eigenvalue weighted by Gasteiger charge is -2.34. The number of benzene rings is 3. The Kier molecular flexibility index (Phi) is 10.4.